The number of hydrogen-bond acceptors (Lipinski definition) is 3. The summed E-state index contributed by atoms with van der Waals surface area (Å²) in [5.41, 5.74) is 7.62. The maximum Gasteiger partial charge on any atom is 0.133 e. The summed E-state index contributed by atoms with van der Waals surface area (Å²) in [6.45, 7) is -0.0416. The van der Waals surface area contributed by atoms with Crippen LogP contribution in [0, 0.1) is 0 Å². The maximum absolute atomic E-state index is 8.90. The predicted molar refractivity (Wildman–Crippen MR) is 58.2 cm³/mol. The number of rotatable bonds is 3. The van der Waals surface area contributed by atoms with Gasteiger partial charge in [-0.05, 0) is 17.7 Å². The van der Waals surface area contributed by atoms with E-state index < -0.39 is 0 Å². The molecule has 0 saturated heterocycles. The number of benzene rings is 1. The largest absolute Gasteiger partial charge is 0.464 e. The van der Waals surface area contributed by atoms with Crippen molar-refractivity contribution in [3.8, 4) is 11.3 Å². The Balaban J connectivity index is 2.25. The highest BCUT2D eigenvalue weighted by Crippen LogP contribution is 2.21. The van der Waals surface area contributed by atoms with Crippen LogP contribution < -0.4 is 5.73 Å². The molecule has 1 heterocycles. The van der Waals surface area contributed by atoms with Crippen molar-refractivity contribution < 1.29 is 9.52 Å². The summed E-state index contributed by atoms with van der Waals surface area (Å²) < 4.78 is 5.27. The highest BCUT2D eigenvalue weighted by atomic mass is 16.3. The van der Waals surface area contributed by atoms with E-state index in [4.69, 9.17) is 15.3 Å². The van der Waals surface area contributed by atoms with Gasteiger partial charge in [0.2, 0.25) is 0 Å². The average molecular weight is 203 g/mol. The number of furan rings is 1. The van der Waals surface area contributed by atoms with Crippen LogP contribution in [0.1, 0.15) is 11.6 Å². The molecular weight excluding hydrogens is 190 g/mol. The SMILES string of the molecule is N[C@H](CO)c1ccc(-c2ccco2)cc1. The molecule has 0 amide bonds. The lowest BCUT2D eigenvalue weighted by Gasteiger charge is -2.08. The van der Waals surface area contributed by atoms with Crippen molar-refractivity contribution in [2.24, 2.45) is 5.73 Å². The molecule has 0 aliphatic rings. The molecule has 3 N–H and O–H groups in total. The number of aliphatic hydroxyl groups excluding tert-OH is 1. The highest BCUT2D eigenvalue weighted by molar-refractivity contribution is 5.57. The normalized spacial score (nSPS) is 12.7. The van der Waals surface area contributed by atoms with Crippen LogP contribution in [0.5, 0.6) is 0 Å². The molecule has 0 aliphatic carbocycles. The molecule has 15 heavy (non-hydrogen) atoms. The molecule has 0 bridgehead atoms. The minimum absolute atomic E-state index is 0.0416. The number of hydrogen-bond donors (Lipinski definition) is 2. The molecule has 0 radical (unpaired) electrons. The molecule has 1 aromatic heterocycles. The second-order valence-electron chi connectivity index (χ2n) is 3.39. The van der Waals surface area contributed by atoms with Gasteiger partial charge in [0.25, 0.3) is 0 Å². The molecule has 1 atom stereocenters. The predicted octanol–water partition coefficient (Wildman–Crippen LogP) is 1.94. The maximum atomic E-state index is 8.90. The molecule has 3 heteroatoms. The van der Waals surface area contributed by atoms with Gasteiger partial charge >= 0.3 is 0 Å². The van der Waals surface area contributed by atoms with E-state index in [9.17, 15) is 0 Å². The zero-order valence-corrected chi connectivity index (χ0v) is 8.26. The first-order chi connectivity index (χ1) is 7.31. The summed E-state index contributed by atoms with van der Waals surface area (Å²) in [6.07, 6.45) is 1.64. The first-order valence-corrected chi connectivity index (χ1v) is 4.81. The zero-order valence-electron chi connectivity index (χ0n) is 8.26. The van der Waals surface area contributed by atoms with Gasteiger partial charge in [-0.15, -0.1) is 0 Å². The lowest BCUT2D eigenvalue weighted by Crippen LogP contribution is -2.14. The molecule has 0 aliphatic heterocycles. The van der Waals surface area contributed by atoms with Crippen molar-refractivity contribution in [1.29, 1.82) is 0 Å². The van der Waals surface area contributed by atoms with Crippen LogP contribution in [0.3, 0.4) is 0 Å². The van der Waals surface area contributed by atoms with Crippen LogP contribution in [0.25, 0.3) is 11.3 Å². The summed E-state index contributed by atoms with van der Waals surface area (Å²) in [5.74, 6) is 0.833. The van der Waals surface area contributed by atoms with Gasteiger partial charge in [-0.3, -0.25) is 0 Å². The van der Waals surface area contributed by atoms with E-state index in [-0.39, 0.29) is 12.6 Å². The molecule has 0 unspecified atom stereocenters. The molecule has 1 aromatic carbocycles. The second kappa shape index (κ2) is 4.29. The number of aliphatic hydroxyl groups is 1. The fourth-order valence-corrected chi connectivity index (χ4v) is 1.44. The Morgan fingerprint density at radius 3 is 2.47 bits per heavy atom. The van der Waals surface area contributed by atoms with E-state index >= 15 is 0 Å². The third kappa shape index (κ3) is 2.09. The van der Waals surface area contributed by atoms with Gasteiger partial charge in [0, 0.05) is 5.56 Å². The molecular formula is C12H13NO2. The van der Waals surface area contributed by atoms with Crippen LogP contribution in [0.15, 0.2) is 47.1 Å². The van der Waals surface area contributed by atoms with Gasteiger partial charge in [-0.2, -0.15) is 0 Å². The van der Waals surface area contributed by atoms with E-state index in [2.05, 4.69) is 0 Å². The summed E-state index contributed by atoms with van der Waals surface area (Å²) in [5, 5.41) is 8.90. The zero-order chi connectivity index (χ0) is 10.7. The first kappa shape index (κ1) is 9.96. The minimum Gasteiger partial charge on any atom is -0.464 e. The van der Waals surface area contributed by atoms with Crippen LogP contribution in [0.4, 0.5) is 0 Å². The average Bonchev–Trinajstić information content (AvgIpc) is 2.82. The molecule has 0 fully saturated rings. The van der Waals surface area contributed by atoms with Crippen molar-refractivity contribution in [3.05, 3.63) is 48.2 Å². The van der Waals surface area contributed by atoms with Gasteiger partial charge in [-0.1, -0.05) is 24.3 Å². The van der Waals surface area contributed by atoms with Crippen molar-refractivity contribution in [2.45, 2.75) is 6.04 Å². The number of nitrogens with two attached hydrogens (primary N) is 1. The van der Waals surface area contributed by atoms with Gasteiger partial charge in [-0.25, -0.2) is 0 Å². The van der Waals surface area contributed by atoms with Gasteiger partial charge in [0.05, 0.1) is 18.9 Å². The Bertz CT molecular complexity index is 406. The lowest BCUT2D eigenvalue weighted by molar-refractivity contribution is 0.268. The Morgan fingerprint density at radius 1 is 1.20 bits per heavy atom. The fraction of sp³-hybridized carbons (Fsp3) is 0.167. The standard InChI is InChI=1S/C12H13NO2/c13-11(8-14)9-3-5-10(6-4-9)12-2-1-7-15-12/h1-7,11,14H,8,13H2/t11-/m1/s1. The fourth-order valence-electron chi connectivity index (χ4n) is 1.44. The Morgan fingerprint density at radius 2 is 1.93 bits per heavy atom. The molecule has 2 rings (SSSR count). The van der Waals surface area contributed by atoms with E-state index in [0.717, 1.165) is 16.9 Å². The van der Waals surface area contributed by atoms with Crippen molar-refractivity contribution in [1.82, 2.24) is 0 Å². The van der Waals surface area contributed by atoms with Crippen molar-refractivity contribution >= 4 is 0 Å². The highest BCUT2D eigenvalue weighted by Gasteiger charge is 2.05. The van der Waals surface area contributed by atoms with Crippen LogP contribution in [-0.4, -0.2) is 11.7 Å². The van der Waals surface area contributed by atoms with Crippen LogP contribution >= 0.6 is 0 Å². The monoisotopic (exact) mass is 203 g/mol. The Labute approximate surface area is 88.1 Å². The van der Waals surface area contributed by atoms with E-state index in [0.29, 0.717) is 0 Å². The Kier molecular flexibility index (Phi) is 2.85. The summed E-state index contributed by atoms with van der Waals surface area (Å²) >= 11 is 0. The van der Waals surface area contributed by atoms with E-state index in [1.807, 2.05) is 36.4 Å². The van der Waals surface area contributed by atoms with Gasteiger partial charge < -0.3 is 15.3 Å². The van der Waals surface area contributed by atoms with Crippen molar-refractivity contribution in [3.63, 3.8) is 0 Å². The lowest BCUT2D eigenvalue weighted by atomic mass is 10.1. The van der Waals surface area contributed by atoms with Gasteiger partial charge in [0.1, 0.15) is 5.76 Å². The molecule has 0 spiro atoms. The molecule has 0 saturated carbocycles. The third-order valence-corrected chi connectivity index (χ3v) is 2.34. The first-order valence-electron chi connectivity index (χ1n) is 4.81. The Hall–Kier alpha value is -1.58. The molecule has 2 aromatic rings. The summed E-state index contributed by atoms with van der Waals surface area (Å²) in [7, 11) is 0. The third-order valence-electron chi connectivity index (χ3n) is 2.34. The van der Waals surface area contributed by atoms with E-state index in [1.54, 1.807) is 6.26 Å². The van der Waals surface area contributed by atoms with Crippen LogP contribution in [0.2, 0.25) is 0 Å². The topological polar surface area (TPSA) is 59.4 Å². The van der Waals surface area contributed by atoms with Gasteiger partial charge in [0.15, 0.2) is 0 Å². The molecule has 3 nitrogen and oxygen atoms in total. The molecule has 78 valence electrons. The summed E-state index contributed by atoms with van der Waals surface area (Å²) in [4.78, 5) is 0. The minimum atomic E-state index is -0.310. The quantitative estimate of drug-likeness (QED) is 0.801. The van der Waals surface area contributed by atoms with Crippen molar-refractivity contribution in [2.75, 3.05) is 6.61 Å². The second-order valence-corrected chi connectivity index (χ2v) is 3.39. The smallest absolute Gasteiger partial charge is 0.133 e. The van der Waals surface area contributed by atoms with E-state index in [1.165, 1.54) is 0 Å². The van der Waals surface area contributed by atoms with Crippen LogP contribution in [-0.2, 0) is 0 Å². The summed E-state index contributed by atoms with van der Waals surface area (Å²) in [6, 6.07) is 11.1.